The van der Waals surface area contributed by atoms with Crippen molar-refractivity contribution in [1.29, 1.82) is 0 Å². The van der Waals surface area contributed by atoms with Crippen molar-refractivity contribution in [2.24, 2.45) is 0 Å². The fourth-order valence-corrected chi connectivity index (χ4v) is 0.836. The molecule has 0 amide bonds. The molecule has 66 valence electrons. The van der Waals surface area contributed by atoms with Crippen LogP contribution in [0, 0.1) is 0 Å². The molecule has 3 nitrogen and oxygen atoms in total. The number of aromatic amines is 1. The summed E-state index contributed by atoms with van der Waals surface area (Å²) < 4.78 is 24.1. The van der Waals surface area contributed by atoms with E-state index in [1.54, 1.807) is 0 Å². The van der Waals surface area contributed by atoms with Crippen LogP contribution in [0.1, 0.15) is 17.7 Å². The van der Waals surface area contributed by atoms with E-state index in [1.807, 2.05) is 0 Å². The van der Waals surface area contributed by atoms with E-state index >= 15 is 0 Å². The van der Waals surface area contributed by atoms with Gasteiger partial charge in [-0.25, -0.2) is 8.78 Å². The molecule has 0 spiro atoms. The SMILES string of the molecule is O=c1cc(C(F)F)cc(CO)[nH]1. The molecule has 2 N–H and O–H groups in total. The Morgan fingerprint density at radius 3 is 2.67 bits per heavy atom. The molecule has 1 heterocycles. The summed E-state index contributed by atoms with van der Waals surface area (Å²) in [5, 5.41) is 8.55. The fraction of sp³-hybridized carbons (Fsp3) is 0.286. The molecule has 0 fully saturated rings. The number of aromatic nitrogens is 1. The summed E-state index contributed by atoms with van der Waals surface area (Å²) in [5.74, 6) is 0. The van der Waals surface area contributed by atoms with Crippen LogP contribution in [0.15, 0.2) is 16.9 Å². The molecule has 0 unspecified atom stereocenters. The molecule has 1 rings (SSSR count). The normalized spacial score (nSPS) is 10.7. The van der Waals surface area contributed by atoms with Gasteiger partial charge in [-0.3, -0.25) is 4.79 Å². The molecule has 0 aliphatic heterocycles. The summed E-state index contributed by atoms with van der Waals surface area (Å²) in [6, 6.07) is 1.87. The predicted molar refractivity (Wildman–Crippen MR) is 37.9 cm³/mol. The van der Waals surface area contributed by atoms with Gasteiger partial charge in [0.25, 0.3) is 6.43 Å². The van der Waals surface area contributed by atoms with Crippen molar-refractivity contribution in [2.45, 2.75) is 13.0 Å². The van der Waals surface area contributed by atoms with Crippen LogP contribution < -0.4 is 5.56 Å². The Bertz CT molecular complexity index is 321. The third-order valence-corrected chi connectivity index (χ3v) is 1.34. The first kappa shape index (κ1) is 8.86. The van der Waals surface area contributed by atoms with Crippen LogP contribution in [0.3, 0.4) is 0 Å². The van der Waals surface area contributed by atoms with Crippen LogP contribution in [0.2, 0.25) is 0 Å². The first-order valence-corrected chi connectivity index (χ1v) is 3.25. The van der Waals surface area contributed by atoms with E-state index in [9.17, 15) is 13.6 Å². The van der Waals surface area contributed by atoms with Gasteiger partial charge in [0.2, 0.25) is 5.56 Å². The van der Waals surface area contributed by atoms with Crippen molar-refractivity contribution in [1.82, 2.24) is 4.98 Å². The maximum Gasteiger partial charge on any atom is 0.264 e. The number of halogens is 2. The quantitative estimate of drug-likeness (QED) is 0.698. The maximum absolute atomic E-state index is 12.0. The van der Waals surface area contributed by atoms with Gasteiger partial charge in [-0.2, -0.15) is 0 Å². The van der Waals surface area contributed by atoms with Crippen molar-refractivity contribution in [2.75, 3.05) is 0 Å². The number of nitrogens with one attached hydrogen (secondary N) is 1. The van der Waals surface area contributed by atoms with E-state index in [-0.39, 0.29) is 11.3 Å². The van der Waals surface area contributed by atoms with Gasteiger partial charge in [0.05, 0.1) is 6.61 Å². The number of aliphatic hydroxyl groups excluding tert-OH is 1. The van der Waals surface area contributed by atoms with Crippen LogP contribution in [-0.2, 0) is 6.61 Å². The van der Waals surface area contributed by atoms with Crippen LogP contribution in [0.4, 0.5) is 8.78 Å². The molecule has 0 saturated carbocycles. The van der Waals surface area contributed by atoms with Gasteiger partial charge < -0.3 is 10.1 Å². The van der Waals surface area contributed by atoms with E-state index in [4.69, 9.17) is 5.11 Å². The Morgan fingerprint density at radius 2 is 2.17 bits per heavy atom. The number of pyridine rings is 1. The summed E-state index contributed by atoms with van der Waals surface area (Å²) in [7, 11) is 0. The Labute approximate surface area is 66.7 Å². The minimum Gasteiger partial charge on any atom is -0.390 e. The van der Waals surface area contributed by atoms with Crippen LogP contribution in [0.25, 0.3) is 0 Å². The summed E-state index contributed by atoms with van der Waals surface area (Å²) in [6.07, 6.45) is -2.68. The van der Waals surface area contributed by atoms with Gasteiger partial charge in [0, 0.05) is 17.3 Å². The zero-order chi connectivity index (χ0) is 9.14. The lowest BCUT2D eigenvalue weighted by atomic mass is 10.2. The Kier molecular flexibility index (Phi) is 2.54. The number of rotatable bonds is 2. The molecule has 12 heavy (non-hydrogen) atoms. The maximum atomic E-state index is 12.0. The number of hydrogen-bond acceptors (Lipinski definition) is 2. The van der Waals surface area contributed by atoms with Crippen LogP contribution in [-0.4, -0.2) is 10.1 Å². The third kappa shape index (κ3) is 1.88. The molecule has 0 bridgehead atoms. The molecule has 0 saturated heterocycles. The summed E-state index contributed by atoms with van der Waals surface area (Å²) >= 11 is 0. The molecule has 0 aliphatic carbocycles. The van der Waals surface area contributed by atoms with E-state index < -0.39 is 18.6 Å². The van der Waals surface area contributed by atoms with Crippen LogP contribution in [0.5, 0.6) is 0 Å². The monoisotopic (exact) mass is 175 g/mol. The highest BCUT2D eigenvalue weighted by Gasteiger charge is 2.08. The largest absolute Gasteiger partial charge is 0.390 e. The second-order valence-corrected chi connectivity index (χ2v) is 2.26. The van der Waals surface area contributed by atoms with Crippen molar-refractivity contribution in [3.63, 3.8) is 0 Å². The summed E-state index contributed by atoms with van der Waals surface area (Å²) in [6.45, 7) is -0.449. The molecular weight excluding hydrogens is 168 g/mol. The molecule has 0 aromatic carbocycles. The Hall–Kier alpha value is -1.23. The standard InChI is InChI=1S/C7H7F2NO2/c8-7(9)4-1-5(3-11)10-6(12)2-4/h1-2,7,11H,3H2,(H,10,12). The average molecular weight is 175 g/mol. The van der Waals surface area contributed by atoms with Gasteiger partial charge in [0.1, 0.15) is 0 Å². The second-order valence-electron chi connectivity index (χ2n) is 2.26. The molecule has 1 aromatic rings. The van der Waals surface area contributed by atoms with Gasteiger partial charge in [-0.05, 0) is 6.07 Å². The molecule has 0 aliphatic rings. The fourth-order valence-electron chi connectivity index (χ4n) is 0.836. The zero-order valence-corrected chi connectivity index (χ0v) is 6.05. The molecular formula is C7H7F2NO2. The average Bonchev–Trinajstić information content (AvgIpc) is 2.03. The second kappa shape index (κ2) is 3.44. The smallest absolute Gasteiger partial charge is 0.264 e. The van der Waals surface area contributed by atoms with E-state index in [0.29, 0.717) is 0 Å². The number of aliphatic hydroxyl groups is 1. The zero-order valence-electron chi connectivity index (χ0n) is 6.05. The minimum atomic E-state index is -2.68. The Balaban J connectivity index is 3.15. The van der Waals surface area contributed by atoms with Gasteiger partial charge in [-0.1, -0.05) is 0 Å². The van der Waals surface area contributed by atoms with Gasteiger partial charge >= 0.3 is 0 Å². The Morgan fingerprint density at radius 1 is 1.50 bits per heavy atom. The molecule has 0 radical (unpaired) electrons. The third-order valence-electron chi connectivity index (χ3n) is 1.34. The summed E-state index contributed by atoms with van der Waals surface area (Å²) in [5.41, 5.74) is -0.905. The van der Waals surface area contributed by atoms with E-state index in [1.165, 1.54) is 0 Å². The van der Waals surface area contributed by atoms with Crippen molar-refractivity contribution < 1.29 is 13.9 Å². The van der Waals surface area contributed by atoms with Crippen LogP contribution >= 0.6 is 0 Å². The highest BCUT2D eigenvalue weighted by molar-refractivity contribution is 5.16. The highest BCUT2D eigenvalue weighted by Crippen LogP contribution is 2.16. The van der Waals surface area contributed by atoms with Gasteiger partial charge in [0.15, 0.2) is 0 Å². The van der Waals surface area contributed by atoms with E-state index in [2.05, 4.69) is 4.98 Å². The van der Waals surface area contributed by atoms with Crippen molar-refractivity contribution in [3.8, 4) is 0 Å². The lowest BCUT2D eigenvalue weighted by molar-refractivity contribution is 0.150. The topological polar surface area (TPSA) is 53.1 Å². The molecule has 5 heteroatoms. The van der Waals surface area contributed by atoms with Crippen molar-refractivity contribution >= 4 is 0 Å². The highest BCUT2D eigenvalue weighted by atomic mass is 19.3. The van der Waals surface area contributed by atoms with Crippen molar-refractivity contribution in [3.05, 3.63) is 33.7 Å². The molecule has 0 atom stereocenters. The predicted octanol–water partition coefficient (Wildman–Crippen LogP) is 0.805. The van der Waals surface area contributed by atoms with E-state index in [0.717, 1.165) is 12.1 Å². The minimum absolute atomic E-state index is 0.0952. The lowest BCUT2D eigenvalue weighted by Crippen LogP contribution is -2.09. The number of hydrogen-bond donors (Lipinski definition) is 2. The lowest BCUT2D eigenvalue weighted by Gasteiger charge is -2.00. The molecule has 1 aromatic heterocycles. The van der Waals surface area contributed by atoms with Gasteiger partial charge in [-0.15, -0.1) is 0 Å². The first-order valence-electron chi connectivity index (χ1n) is 3.25. The number of H-pyrrole nitrogens is 1. The summed E-state index contributed by atoms with van der Waals surface area (Å²) in [4.78, 5) is 12.9. The number of alkyl halides is 2. The first-order chi connectivity index (χ1) is 5.63.